The Labute approximate surface area is 233 Å². The van der Waals surface area contributed by atoms with Crippen LogP contribution in [0.1, 0.15) is 65.7 Å². The van der Waals surface area contributed by atoms with Crippen LogP contribution in [-0.4, -0.2) is 103 Å². The van der Waals surface area contributed by atoms with E-state index >= 15 is 8.78 Å². The SMILES string of the molecule is CC(C)C1NCCC2CCCNC3CCCC(F)C3C3NC4C(CC3F)C(N3CCNCC3C)NC(=O)N4C21. The van der Waals surface area contributed by atoms with Crippen LogP contribution in [0.25, 0.3) is 0 Å². The lowest BCUT2D eigenvalue weighted by atomic mass is 9.71. The molecule has 10 heteroatoms. The highest BCUT2D eigenvalue weighted by molar-refractivity contribution is 5.76. The number of carbonyl (C=O) groups excluding carboxylic acids is 1. The zero-order chi connectivity index (χ0) is 27.3. The predicted molar refractivity (Wildman–Crippen MR) is 149 cm³/mol. The van der Waals surface area contributed by atoms with E-state index in [2.05, 4.69) is 57.2 Å². The monoisotopic (exact) mass is 551 g/mol. The molecule has 0 spiro atoms. The number of fused-ring (bicyclic) bond motifs is 5. The van der Waals surface area contributed by atoms with E-state index in [9.17, 15) is 4.79 Å². The van der Waals surface area contributed by atoms with E-state index < -0.39 is 24.3 Å². The van der Waals surface area contributed by atoms with Gasteiger partial charge in [-0.15, -0.1) is 0 Å². The fraction of sp³-hybridized carbons (Fsp3) is 0.966. The number of alkyl halides is 2. The maximum absolute atomic E-state index is 16.4. The summed E-state index contributed by atoms with van der Waals surface area (Å²) in [5, 5.41) is 18.0. The molecular weight excluding hydrogens is 500 g/mol. The number of hydrogen-bond acceptors (Lipinski definition) is 6. The molecular formula is C29H51F2N7O. The van der Waals surface area contributed by atoms with Crippen molar-refractivity contribution in [1.29, 1.82) is 0 Å². The van der Waals surface area contributed by atoms with Crippen molar-refractivity contribution in [2.45, 2.75) is 121 Å². The predicted octanol–water partition coefficient (Wildman–Crippen LogP) is 2.17. The van der Waals surface area contributed by atoms with Gasteiger partial charge in [-0.3, -0.25) is 10.2 Å². The van der Waals surface area contributed by atoms with Crippen molar-refractivity contribution in [3.05, 3.63) is 0 Å². The van der Waals surface area contributed by atoms with E-state index in [-0.39, 0.29) is 48.4 Å². The second-order valence-corrected chi connectivity index (χ2v) is 13.6. The standard InChI is InChI=1S/C29H51F2N7O/c1-16(2)24-26-18(9-11-34-24)6-5-10-33-22-8-4-7-20(30)23(22)25-21(31)14-19-27(37-13-12-32-15-17(37)3)36-29(39)38(26)28(19)35-25/h16-28,32-35H,4-15H2,1-3H3,(H,36,39). The highest BCUT2D eigenvalue weighted by atomic mass is 19.1. The van der Waals surface area contributed by atoms with Crippen molar-refractivity contribution in [3.63, 3.8) is 0 Å². The summed E-state index contributed by atoms with van der Waals surface area (Å²) >= 11 is 0. The lowest BCUT2D eigenvalue weighted by Crippen LogP contribution is -2.80. The zero-order valence-electron chi connectivity index (χ0n) is 24.0. The van der Waals surface area contributed by atoms with Gasteiger partial charge in [0.1, 0.15) is 12.3 Å². The van der Waals surface area contributed by atoms with E-state index in [1.807, 2.05) is 0 Å². The molecule has 0 aromatic rings. The Bertz CT molecular complexity index is 865. The third-order valence-electron chi connectivity index (χ3n) is 11.0. The summed E-state index contributed by atoms with van der Waals surface area (Å²) in [5.41, 5.74) is 0. The van der Waals surface area contributed by atoms with Crippen LogP contribution in [0.15, 0.2) is 0 Å². The number of hydrogen-bond donors (Lipinski definition) is 5. The fourth-order valence-electron chi connectivity index (χ4n) is 9.16. The van der Waals surface area contributed by atoms with Crippen LogP contribution in [0.4, 0.5) is 13.6 Å². The van der Waals surface area contributed by atoms with E-state index in [0.29, 0.717) is 24.7 Å². The molecule has 6 rings (SSSR count). The van der Waals surface area contributed by atoms with Crippen molar-refractivity contribution < 1.29 is 13.6 Å². The van der Waals surface area contributed by atoms with Gasteiger partial charge in [0.05, 0.1) is 18.4 Å². The first-order valence-electron chi connectivity index (χ1n) is 15.9. The van der Waals surface area contributed by atoms with Gasteiger partial charge in [-0.05, 0) is 76.8 Å². The summed E-state index contributed by atoms with van der Waals surface area (Å²) in [6.45, 7) is 11.0. The Morgan fingerprint density at radius 2 is 1.79 bits per heavy atom. The molecule has 5 N–H and O–H groups in total. The summed E-state index contributed by atoms with van der Waals surface area (Å²) in [6.07, 6.45) is 2.89. The maximum Gasteiger partial charge on any atom is 0.320 e. The molecule has 5 heterocycles. The quantitative estimate of drug-likeness (QED) is 0.362. The Balaban J connectivity index is 1.41. The maximum atomic E-state index is 16.4. The fourth-order valence-corrected chi connectivity index (χ4v) is 9.16. The number of amides is 2. The topological polar surface area (TPSA) is 83.7 Å². The van der Waals surface area contributed by atoms with Crippen molar-refractivity contribution in [1.82, 2.24) is 36.4 Å². The minimum Gasteiger partial charge on any atom is -0.322 e. The lowest BCUT2D eigenvalue weighted by Gasteiger charge is -2.60. The minimum atomic E-state index is -1.15. The van der Waals surface area contributed by atoms with Gasteiger partial charge in [0.25, 0.3) is 0 Å². The van der Waals surface area contributed by atoms with Crippen LogP contribution < -0.4 is 26.6 Å². The highest BCUT2D eigenvalue weighted by Gasteiger charge is 2.57. The zero-order valence-corrected chi connectivity index (χ0v) is 24.0. The van der Waals surface area contributed by atoms with E-state index in [4.69, 9.17) is 0 Å². The Kier molecular flexibility index (Phi) is 8.40. The summed E-state index contributed by atoms with van der Waals surface area (Å²) in [4.78, 5) is 18.7. The van der Waals surface area contributed by atoms with Crippen molar-refractivity contribution in [3.8, 4) is 0 Å². The van der Waals surface area contributed by atoms with Gasteiger partial charge in [-0.25, -0.2) is 13.6 Å². The van der Waals surface area contributed by atoms with Crippen molar-refractivity contribution in [2.75, 3.05) is 32.7 Å². The van der Waals surface area contributed by atoms with Gasteiger partial charge in [0.15, 0.2) is 0 Å². The second kappa shape index (κ2) is 11.7. The lowest BCUT2D eigenvalue weighted by molar-refractivity contribution is -0.0930. The number of rotatable bonds is 2. The van der Waals surface area contributed by atoms with E-state index in [0.717, 1.165) is 64.8 Å². The third-order valence-corrected chi connectivity index (χ3v) is 11.0. The first kappa shape index (κ1) is 28.1. The molecule has 1 saturated carbocycles. The summed E-state index contributed by atoms with van der Waals surface area (Å²) < 4.78 is 32.0. The number of urea groups is 1. The van der Waals surface area contributed by atoms with E-state index in [1.54, 1.807) is 0 Å². The van der Waals surface area contributed by atoms with Gasteiger partial charge in [-0.1, -0.05) is 13.8 Å². The van der Waals surface area contributed by atoms with Gasteiger partial charge in [0.2, 0.25) is 0 Å². The van der Waals surface area contributed by atoms with Crippen LogP contribution in [0.2, 0.25) is 0 Å². The number of piperazine rings is 1. The van der Waals surface area contributed by atoms with Crippen LogP contribution in [-0.2, 0) is 0 Å². The Hall–Kier alpha value is -1.07. The summed E-state index contributed by atoms with van der Waals surface area (Å²) in [6, 6.07) is -0.248. The number of halogens is 2. The molecule has 6 fully saturated rings. The molecule has 2 amide bonds. The number of nitrogens with zero attached hydrogens (tertiary/aromatic N) is 2. The number of carbonyl (C=O) groups is 1. The van der Waals surface area contributed by atoms with Crippen LogP contribution in [0, 0.1) is 23.7 Å². The van der Waals surface area contributed by atoms with Crippen molar-refractivity contribution in [2.24, 2.45) is 23.7 Å². The number of nitrogens with one attached hydrogen (secondary N) is 5. The Morgan fingerprint density at radius 3 is 2.59 bits per heavy atom. The largest absolute Gasteiger partial charge is 0.322 e. The molecule has 12 unspecified atom stereocenters. The molecule has 0 aromatic carbocycles. The summed E-state index contributed by atoms with van der Waals surface area (Å²) in [5.74, 6) is 0.201. The van der Waals surface area contributed by atoms with Gasteiger partial charge >= 0.3 is 6.03 Å². The number of piperidine rings is 2. The molecule has 0 aromatic heterocycles. The highest BCUT2D eigenvalue weighted by Crippen LogP contribution is 2.42. The average molecular weight is 552 g/mol. The third kappa shape index (κ3) is 5.22. The summed E-state index contributed by atoms with van der Waals surface area (Å²) in [7, 11) is 0. The molecule has 5 aliphatic heterocycles. The molecule has 12 atom stereocenters. The smallest absolute Gasteiger partial charge is 0.320 e. The normalized spacial score (nSPS) is 47.8. The van der Waals surface area contributed by atoms with Crippen LogP contribution in [0.3, 0.4) is 0 Å². The van der Waals surface area contributed by atoms with Crippen LogP contribution in [0.5, 0.6) is 0 Å². The van der Waals surface area contributed by atoms with Gasteiger partial charge < -0.3 is 26.2 Å². The van der Waals surface area contributed by atoms with Gasteiger partial charge in [0, 0.05) is 55.6 Å². The molecule has 1 aliphatic carbocycles. The molecule has 222 valence electrons. The molecule has 6 aliphatic rings. The molecule has 0 radical (unpaired) electrons. The Morgan fingerprint density at radius 1 is 0.949 bits per heavy atom. The molecule has 5 saturated heterocycles. The molecule has 8 nitrogen and oxygen atoms in total. The first-order chi connectivity index (χ1) is 18.8. The van der Waals surface area contributed by atoms with Gasteiger partial charge in [-0.2, -0.15) is 0 Å². The van der Waals surface area contributed by atoms with Crippen molar-refractivity contribution >= 4 is 6.03 Å². The van der Waals surface area contributed by atoms with Crippen LogP contribution >= 0.6 is 0 Å². The molecule has 39 heavy (non-hydrogen) atoms. The first-order valence-corrected chi connectivity index (χ1v) is 15.9. The average Bonchev–Trinajstić information content (AvgIpc) is 2.91. The molecule has 2 bridgehead atoms. The van der Waals surface area contributed by atoms with E-state index in [1.165, 1.54) is 0 Å². The minimum absolute atomic E-state index is 0.0136. The second-order valence-electron chi connectivity index (χ2n) is 13.6.